The Bertz CT molecular complexity index is 356. The van der Waals surface area contributed by atoms with Crippen LogP contribution in [0.2, 0.25) is 0 Å². The molecule has 1 N–H and O–H groups in total. The van der Waals surface area contributed by atoms with E-state index >= 15 is 0 Å². The number of para-hydroxylation sites is 1. The fraction of sp³-hybridized carbons (Fsp3) is 0.571. The average molecular weight is 254 g/mol. The molecule has 17 heavy (non-hydrogen) atoms. The summed E-state index contributed by atoms with van der Waals surface area (Å²) in [6, 6.07) is 8.77. The highest BCUT2D eigenvalue weighted by Crippen LogP contribution is 2.26. The third kappa shape index (κ3) is 3.36. The summed E-state index contributed by atoms with van der Waals surface area (Å²) in [6.07, 6.45) is 5.14. The molecule has 2 atom stereocenters. The molecule has 0 bridgehead atoms. The van der Waals surface area contributed by atoms with Crippen molar-refractivity contribution in [1.82, 2.24) is 0 Å². The van der Waals surface area contributed by atoms with Crippen LogP contribution in [0.1, 0.15) is 31.2 Å². The van der Waals surface area contributed by atoms with Gasteiger partial charge in [0, 0.05) is 24.7 Å². The maximum atomic E-state index is 5.94. The summed E-state index contributed by atoms with van der Waals surface area (Å²) < 4.78 is 5.45. The van der Waals surface area contributed by atoms with Crippen LogP contribution in [0, 0.1) is 0 Å². The van der Waals surface area contributed by atoms with Gasteiger partial charge in [-0.1, -0.05) is 18.2 Å². The number of hydrogen-bond donors (Lipinski definition) is 1. The summed E-state index contributed by atoms with van der Waals surface area (Å²) in [7, 11) is 1.81. The molecule has 2 rings (SSSR count). The number of nitrogens with one attached hydrogen (secondary N) is 1. The lowest BCUT2D eigenvalue weighted by Gasteiger charge is -2.30. The van der Waals surface area contributed by atoms with Crippen LogP contribution in [-0.2, 0) is 10.6 Å². The summed E-state index contributed by atoms with van der Waals surface area (Å²) in [5, 5.41) is 3.60. The minimum atomic E-state index is 0.407. The molecule has 3 heteroatoms. The van der Waals surface area contributed by atoms with Gasteiger partial charge in [0.25, 0.3) is 0 Å². The molecule has 0 spiro atoms. The Balaban J connectivity index is 2.00. The summed E-state index contributed by atoms with van der Waals surface area (Å²) in [5.74, 6) is 0.559. The van der Waals surface area contributed by atoms with E-state index in [1.165, 1.54) is 30.5 Å². The third-order valence-electron chi connectivity index (χ3n) is 3.48. The van der Waals surface area contributed by atoms with Crippen molar-refractivity contribution < 1.29 is 4.74 Å². The highest BCUT2D eigenvalue weighted by Gasteiger charge is 2.21. The maximum absolute atomic E-state index is 5.94. The lowest BCUT2D eigenvalue weighted by Crippen LogP contribution is -2.31. The van der Waals surface area contributed by atoms with Gasteiger partial charge in [-0.15, -0.1) is 11.6 Å². The fourth-order valence-electron chi connectivity index (χ4n) is 2.49. The molecular formula is C14H20ClNO. The molecule has 1 aromatic rings. The van der Waals surface area contributed by atoms with Crippen molar-refractivity contribution in [2.75, 3.05) is 12.4 Å². The van der Waals surface area contributed by atoms with Gasteiger partial charge in [0.2, 0.25) is 0 Å². The Morgan fingerprint density at radius 2 is 2.18 bits per heavy atom. The Morgan fingerprint density at radius 1 is 1.35 bits per heavy atom. The first-order chi connectivity index (χ1) is 8.33. The number of alkyl halides is 1. The van der Waals surface area contributed by atoms with Crippen LogP contribution in [0.25, 0.3) is 0 Å². The molecule has 1 saturated carbocycles. The normalized spacial score (nSPS) is 24.6. The van der Waals surface area contributed by atoms with Crippen molar-refractivity contribution in [3.63, 3.8) is 0 Å². The molecule has 1 aromatic carbocycles. The molecule has 0 aromatic heterocycles. The van der Waals surface area contributed by atoms with Gasteiger partial charge in [0.15, 0.2) is 0 Å². The summed E-state index contributed by atoms with van der Waals surface area (Å²) in [4.78, 5) is 0. The Hall–Kier alpha value is -0.730. The SMILES string of the molecule is COC1CCCC(Nc2ccccc2CCl)C1. The summed E-state index contributed by atoms with van der Waals surface area (Å²) >= 11 is 5.94. The number of methoxy groups -OCH3 is 1. The topological polar surface area (TPSA) is 21.3 Å². The minimum absolute atomic E-state index is 0.407. The second kappa shape index (κ2) is 6.27. The van der Waals surface area contributed by atoms with Gasteiger partial charge in [-0.3, -0.25) is 0 Å². The monoisotopic (exact) mass is 253 g/mol. The van der Waals surface area contributed by atoms with E-state index in [1.807, 2.05) is 6.07 Å². The summed E-state index contributed by atoms with van der Waals surface area (Å²) in [6.45, 7) is 0. The first-order valence-corrected chi connectivity index (χ1v) is 6.80. The highest BCUT2D eigenvalue weighted by molar-refractivity contribution is 6.17. The number of anilines is 1. The number of ether oxygens (including phenoxy) is 1. The minimum Gasteiger partial charge on any atom is -0.382 e. The van der Waals surface area contributed by atoms with E-state index in [-0.39, 0.29) is 0 Å². The molecule has 1 aliphatic rings. The maximum Gasteiger partial charge on any atom is 0.0590 e. The molecule has 0 amide bonds. The first-order valence-electron chi connectivity index (χ1n) is 6.26. The summed E-state index contributed by atoms with van der Waals surface area (Å²) in [5.41, 5.74) is 2.35. The van der Waals surface area contributed by atoms with E-state index in [9.17, 15) is 0 Å². The van der Waals surface area contributed by atoms with Crippen LogP contribution < -0.4 is 5.32 Å². The number of rotatable bonds is 4. The second-order valence-corrected chi connectivity index (χ2v) is 4.92. The van der Waals surface area contributed by atoms with Gasteiger partial charge in [0.1, 0.15) is 0 Å². The number of hydrogen-bond acceptors (Lipinski definition) is 2. The first kappa shape index (κ1) is 12.7. The zero-order valence-corrected chi connectivity index (χ0v) is 11.0. The Kier molecular flexibility index (Phi) is 4.69. The van der Waals surface area contributed by atoms with Crippen LogP contribution in [0.3, 0.4) is 0 Å². The largest absolute Gasteiger partial charge is 0.382 e. The van der Waals surface area contributed by atoms with Crippen molar-refractivity contribution in [2.45, 2.75) is 43.7 Å². The lowest BCUT2D eigenvalue weighted by atomic mass is 9.92. The van der Waals surface area contributed by atoms with E-state index in [2.05, 4.69) is 23.5 Å². The van der Waals surface area contributed by atoms with Gasteiger partial charge in [0.05, 0.1) is 6.10 Å². The quantitative estimate of drug-likeness (QED) is 0.825. The predicted molar refractivity (Wildman–Crippen MR) is 72.7 cm³/mol. The van der Waals surface area contributed by atoms with Crippen LogP contribution in [0.15, 0.2) is 24.3 Å². The van der Waals surface area contributed by atoms with Crippen molar-refractivity contribution >= 4 is 17.3 Å². The second-order valence-electron chi connectivity index (χ2n) is 4.66. The molecule has 1 fully saturated rings. The lowest BCUT2D eigenvalue weighted by molar-refractivity contribution is 0.0669. The van der Waals surface area contributed by atoms with Crippen molar-refractivity contribution in [3.05, 3.63) is 29.8 Å². The van der Waals surface area contributed by atoms with Crippen molar-refractivity contribution in [2.24, 2.45) is 0 Å². The Labute approximate surface area is 108 Å². The molecule has 2 nitrogen and oxygen atoms in total. The van der Waals surface area contributed by atoms with Crippen LogP contribution in [0.4, 0.5) is 5.69 Å². The predicted octanol–water partition coefficient (Wildman–Crippen LogP) is 3.79. The highest BCUT2D eigenvalue weighted by atomic mass is 35.5. The van der Waals surface area contributed by atoms with E-state index in [4.69, 9.17) is 16.3 Å². The average Bonchev–Trinajstić information content (AvgIpc) is 2.39. The molecule has 0 aliphatic heterocycles. The van der Waals surface area contributed by atoms with Gasteiger partial charge >= 0.3 is 0 Å². The van der Waals surface area contributed by atoms with E-state index < -0.39 is 0 Å². The zero-order chi connectivity index (χ0) is 12.1. The van der Waals surface area contributed by atoms with Crippen LogP contribution in [0.5, 0.6) is 0 Å². The number of halogens is 1. The molecule has 0 radical (unpaired) electrons. The molecule has 1 aliphatic carbocycles. The standard InChI is InChI=1S/C14H20ClNO/c1-17-13-7-4-6-12(9-13)16-14-8-3-2-5-11(14)10-15/h2-3,5,8,12-13,16H,4,6-7,9-10H2,1H3. The smallest absolute Gasteiger partial charge is 0.0590 e. The molecule has 0 saturated heterocycles. The third-order valence-corrected chi connectivity index (χ3v) is 3.77. The Morgan fingerprint density at radius 3 is 2.94 bits per heavy atom. The van der Waals surface area contributed by atoms with E-state index in [0.29, 0.717) is 18.0 Å². The zero-order valence-electron chi connectivity index (χ0n) is 10.3. The molecule has 0 heterocycles. The van der Waals surface area contributed by atoms with Crippen molar-refractivity contribution in [1.29, 1.82) is 0 Å². The van der Waals surface area contributed by atoms with Gasteiger partial charge in [-0.25, -0.2) is 0 Å². The van der Waals surface area contributed by atoms with Gasteiger partial charge in [-0.2, -0.15) is 0 Å². The van der Waals surface area contributed by atoms with Crippen molar-refractivity contribution in [3.8, 4) is 0 Å². The molecular weight excluding hydrogens is 234 g/mol. The molecule has 94 valence electrons. The van der Waals surface area contributed by atoms with Crippen LogP contribution >= 0.6 is 11.6 Å². The number of benzene rings is 1. The molecule has 2 unspecified atom stereocenters. The van der Waals surface area contributed by atoms with E-state index in [0.717, 1.165) is 6.42 Å². The van der Waals surface area contributed by atoms with Gasteiger partial charge in [-0.05, 0) is 37.3 Å². The fourth-order valence-corrected chi connectivity index (χ4v) is 2.72. The van der Waals surface area contributed by atoms with Gasteiger partial charge < -0.3 is 10.1 Å². The van der Waals surface area contributed by atoms with E-state index in [1.54, 1.807) is 7.11 Å². The van der Waals surface area contributed by atoms with Crippen LogP contribution in [-0.4, -0.2) is 19.3 Å².